The average molecular weight is 367 g/mol. The van der Waals surface area contributed by atoms with Gasteiger partial charge in [0.1, 0.15) is 0 Å². The van der Waals surface area contributed by atoms with E-state index in [1.54, 1.807) is 23.7 Å². The van der Waals surface area contributed by atoms with Gasteiger partial charge in [-0.25, -0.2) is 0 Å². The number of nitrogens with zero attached hydrogens (tertiary/aromatic N) is 3. The van der Waals surface area contributed by atoms with Crippen LogP contribution in [0.5, 0.6) is 0 Å². The third kappa shape index (κ3) is 4.95. The Hall–Kier alpha value is -2.60. The highest BCUT2D eigenvalue weighted by Gasteiger charge is 2.14. The number of aryl methyl sites for hydroxylation is 1. The minimum absolute atomic E-state index is 0.0436. The van der Waals surface area contributed by atoms with E-state index in [2.05, 4.69) is 35.3 Å². The molecule has 1 aromatic heterocycles. The summed E-state index contributed by atoms with van der Waals surface area (Å²) in [6.07, 6.45) is 0. The van der Waals surface area contributed by atoms with Crippen molar-refractivity contribution in [3.63, 3.8) is 0 Å². The van der Waals surface area contributed by atoms with Gasteiger partial charge in [0, 0.05) is 18.4 Å². The number of aromatic nitrogens is 2. The Kier molecular flexibility index (Phi) is 6.07. The van der Waals surface area contributed by atoms with Gasteiger partial charge in [-0.2, -0.15) is 4.98 Å². The Morgan fingerprint density at radius 1 is 1.15 bits per heavy atom. The minimum atomic E-state index is 0.0436. The molecule has 0 saturated heterocycles. The number of benzene rings is 2. The SMILES string of the molecule is Cc1cccc(CSCC(=O)N(C)Cc2nc(-c3ccccc3)no2)c1. The molecule has 0 N–H and O–H groups in total. The van der Waals surface area contributed by atoms with Crippen molar-refractivity contribution in [1.82, 2.24) is 15.0 Å². The highest BCUT2D eigenvalue weighted by molar-refractivity contribution is 7.99. The van der Waals surface area contributed by atoms with Gasteiger partial charge in [0.2, 0.25) is 17.6 Å². The topological polar surface area (TPSA) is 59.2 Å². The molecule has 0 aliphatic carbocycles. The molecule has 2 aromatic carbocycles. The number of carbonyl (C=O) groups excluding carboxylic acids is 1. The number of rotatable bonds is 7. The van der Waals surface area contributed by atoms with E-state index in [-0.39, 0.29) is 5.91 Å². The van der Waals surface area contributed by atoms with Crippen molar-refractivity contribution in [3.8, 4) is 11.4 Å². The van der Waals surface area contributed by atoms with Crippen molar-refractivity contribution in [1.29, 1.82) is 0 Å². The second-order valence-corrected chi connectivity index (χ2v) is 7.09. The van der Waals surface area contributed by atoms with Crippen molar-refractivity contribution >= 4 is 17.7 Å². The van der Waals surface area contributed by atoms with Crippen molar-refractivity contribution in [3.05, 3.63) is 71.6 Å². The molecule has 5 nitrogen and oxygen atoms in total. The number of hydrogen-bond donors (Lipinski definition) is 0. The van der Waals surface area contributed by atoms with Gasteiger partial charge >= 0.3 is 0 Å². The Morgan fingerprint density at radius 3 is 2.73 bits per heavy atom. The van der Waals surface area contributed by atoms with Crippen molar-refractivity contribution < 1.29 is 9.32 Å². The molecule has 0 saturated carbocycles. The maximum Gasteiger partial charge on any atom is 0.246 e. The maximum absolute atomic E-state index is 12.3. The lowest BCUT2D eigenvalue weighted by Gasteiger charge is -2.14. The molecular weight excluding hydrogens is 346 g/mol. The fraction of sp³-hybridized carbons (Fsp3) is 0.250. The molecule has 0 radical (unpaired) electrons. The van der Waals surface area contributed by atoms with Crippen molar-refractivity contribution in [2.45, 2.75) is 19.2 Å². The first kappa shape index (κ1) is 18.2. The summed E-state index contributed by atoms with van der Waals surface area (Å²) < 4.78 is 5.27. The van der Waals surface area contributed by atoms with E-state index >= 15 is 0 Å². The lowest BCUT2D eigenvalue weighted by molar-refractivity contribution is -0.127. The van der Waals surface area contributed by atoms with Crippen LogP contribution in [-0.4, -0.2) is 33.7 Å². The predicted octanol–water partition coefficient (Wildman–Crippen LogP) is 3.94. The van der Waals surface area contributed by atoms with Crippen LogP contribution in [0.25, 0.3) is 11.4 Å². The molecule has 134 valence electrons. The quantitative estimate of drug-likeness (QED) is 0.633. The fourth-order valence-corrected chi connectivity index (χ4v) is 3.40. The summed E-state index contributed by atoms with van der Waals surface area (Å²) in [6, 6.07) is 18.0. The number of thioether (sulfide) groups is 1. The molecule has 26 heavy (non-hydrogen) atoms. The second kappa shape index (κ2) is 8.67. The van der Waals surface area contributed by atoms with Crippen LogP contribution < -0.4 is 0 Å². The average Bonchev–Trinajstić information content (AvgIpc) is 3.11. The summed E-state index contributed by atoms with van der Waals surface area (Å²) in [7, 11) is 1.75. The summed E-state index contributed by atoms with van der Waals surface area (Å²) >= 11 is 1.61. The molecule has 0 unspecified atom stereocenters. The summed E-state index contributed by atoms with van der Waals surface area (Å²) in [6.45, 7) is 2.38. The zero-order chi connectivity index (χ0) is 18.4. The van der Waals surface area contributed by atoms with Gasteiger partial charge in [-0.05, 0) is 12.5 Å². The molecule has 1 amide bonds. The molecule has 3 rings (SSSR count). The Bertz CT molecular complexity index is 864. The van der Waals surface area contributed by atoms with E-state index in [1.807, 2.05) is 36.4 Å². The monoisotopic (exact) mass is 367 g/mol. The van der Waals surface area contributed by atoms with Crippen LogP contribution in [0, 0.1) is 6.92 Å². The fourth-order valence-electron chi connectivity index (χ4n) is 2.48. The van der Waals surface area contributed by atoms with Gasteiger partial charge in [-0.15, -0.1) is 11.8 Å². The van der Waals surface area contributed by atoms with Crippen LogP contribution in [0.1, 0.15) is 17.0 Å². The van der Waals surface area contributed by atoms with Crippen molar-refractivity contribution in [2.24, 2.45) is 0 Å². The lowest BCUT2D eigenvalue weighted by atomic mass is 10.2. The highest BCUT2D eigenvalue weighted by atomic mass is 32.2. The molecule has 0 aliphatic rings. The maximum atomic E-state index is 12.3. The first-order chi connectivity index (χ1) is 12.6. The molecule has 0 aliphatic heterocycles. The van der Waals surface area contributed by atoms with Crippen LogP contribution in [0.3, 0.4) is 0 Å². The summed E-state index contributed by atoms with van der Waals surface area (Å²) in [5, 5.41) is 3.98. The first-order valence-electron chi connectivity index (χ1n) is 8.37. The minimum Gasteiger partial charge on any atom is -0.337 e. The van der Waals surface area contributed by atoms with Gasteiger partial charge in [0.15, 0.2) is 0 Å². The summed E-state index contributed by atoms with van der Waals surface area (Å²) in [5.41, 5.74) is 3.36. The lowest BCUT2D eigenvalue weighted by Crippen LogP contribution is -2.28. The molecule has 1 heterocycles. The van der Waals surface area contributed by atoms with Crippen LogP contribution >= 0.6 is 11.8 Å². The molecule has 6 heteroatoms. The number of hydrogen-bond acceptors (Lipinski definition) is 5. The highest BCUT2D eigenvalue weighted by Crippen LogP contribution is 2.17. The Labute approximate surface area is 157 Å². The number of carbonyl (C=O) groups is 1. The number of amides is 1. The zero-order valence-corrected chi connectivity index (χ0v) is 15.7. The van der Waals surface area contributed by atoms with E-state index in [9.17, 15) is 4.79 Å². The van der Waals surface area contributed by atoms with E-state index < -0.39 is 0 Å². The predicted molar refractivity (Wildman–Crippen MR) is 104 cm³/mol. The van der Waals surface area contributed by atoms with E-state index in [4.69, 9.17) is 4.52 Å². The summed E-state index contributed by atoms with van der Waals surface area (Å²) in [5.74, 6) is 2.25. The van der Waals surface area contributed by atoms with Gasteiger partial charge in [0.25, 0.3) is 0 Å². The molecular formula is C20H21N3O2S. The molecule has 0 spiro atoms. The van der Waals surface area contributed by atoms with Crippen LogP contribution in [0.4, 0.5) is 0 Å². The molecule has 0 bridgehead atoms. The summed E-state index contributed by atoms with van der Waals surface area (Å²) in [4.78, 5) is 18.3. The largest absolute Gasteiger partial charge is 0.337 e. The van der Waals surface area contributed by atoms with Gasteiger partial charge < -0.3 is 9.42 Å². The smallest absolute Gasteiger partial charge is 0.246 e. The molecule has 0 atom stereocenters. The normalized spacial score (nSPS) is 10.7. The van der Waals surface area contributed by atoms with E-state index in [1.165, 1.54) is 11.1 Å². The third-order valence-corrected chi connectivity index (χ3v) is 4.86. The van der Waals surface area contributed by atoms with Crippen LogP contribution in [0.2, 0.25) is 0 Å². The third-order valence-electron chi connectivity index (χ3n) is 3.88. The van der Waals surface area contributed by atoms with Gasteiger partial charge in [0.05, 0.1) is 12.3 Å². The Morgan fingerprint density at radius 2 is 1.96 bits per heavy atom. The first-order valence-corrected chi connectivity index (χ1v) is 9.52. The molecule has 0 fully saturated rings. The second-order valence-electron chi connectivity index (χ2n) is 6.11. The van der Waals surface area contributed by atoms with Crippen LogP contribution in [0.15, 0.2) is 59.1 Å². The Balaban J connectivity index is 1.49. The molecule has 3 aromatic rings. The van der Waals surface area contributed by atoms with Crippen molar-refractivity contribution in [2.75, 3.05) is 12.8 Å². The van der Waals surface area contributed by atoms with E-state index in [0.29, 0.717) is 24.0 Å². The van der Waals surface area contributed by atoms with E-state index in [0.717, 1.165) is 11.3 Å². The zero-order valence-electron chi connectivity index (χ0n) is 14.9. The van der Waals surface area contributed by atoms with Gasteiger partial charge in [-0.1, -0.05) is 65.3 Å². The van der Waals surface area contributed by atoms with Gasteiger partial charge in [-0.3, -0.25) is 4.79 Å². The standard InChI is InChI=1S/C20H21N3O2S/c1-15-7-6-8-16(11-15)13-26-14-19(24)23(2)12-18-21-20(22-25-18)17-9-4-3-5-10-17/h3-11H,12-14H2,1-2H3. The van der Waals surface area contributed by atoms with Crippen LogP contribution in [-0.2, 0) is 17.1 Å².